The summed E-state index contributed by atoms with van der Waals surface area (Å²) in [7, 11) is -4.03. The van der Waals surface area contributed by atoms with Crippen LogP contribution in [-0.2, 0) is 21.2 Å². The molecule has 40 heavy (non-hydrogen) atoms. The van der Waals surface area contributed by atoms with E-state index in [4.69, 9.17) is 16.3 Å². The predicted octanol–water partition coefficient (Wildman–Crippen LogP) is 5.31. The summed E-state index contributed by atoms with van der Waals surface area (Å²) >= 11 is 6.30. The Balaban J connectivity index is 1.32. The highest BCUT2D eigenvalue weighted by atomic mass is 35.5. The number of pyridine rings is 1. The van der Waals surface area contributed by atoms with E-state index in [-0.39, 0.29) is 59.1 Å². The number of ether oxygens (including phenoxy) is 1. The third-order valence-electron chi connectivity index (χ3n) is 7.58. The summed E-state index contributed by atoms with van der Waals surface area (Å²) in [5, 5.41) is 12.6. The van der Waals surface area contributed by atoms with Crippen LogP contribution in [0, 0.1) is 29.3 Å². The predicted molar refractivity (Wildman–Crippen MR) is 141 cm³/mol. The Bertz CT molecular complexity index is 1500. The SMILES string of the molecule is O=C(Nc1cc(F)c(F)c(F)c1)c1ccc(Cl)c(S(=O)(=O)C2C3CCC2CC(O)(COCc2cccnc2)C3)c1. The van der Waals surface area contributed by atoms with E-state index in [1.807, 2.05) is 6.07 Å². The van der Waals surface area contributed by atoms with E-state index >= 15 is 0 Å². The molecule has 0 spiro atoms. The van der Waals surface area contributed by atoms with Gasteiger partial charge in [0.05, 0.1) is 34.0 Å². The lowest BCUT2D eigenvalue weighted by atomic mass is 9.77. The number of fused-ring (bicyclic) bond motifs is 2. The van der Waals surface area contributed by atoms with Gasteiger partial charge in [0.25, 0.3) is 5.91 Å². The second-order valence-electron chi connectivity index (χ2n) is 10.4. The summed E-state index contributed by atoms with van der Waals surface area (Å²) in [5.74, 6) is -6.17. The molecule has 3 aromatic rings. The molecule has 5 rings (SSSR count). The molecule has 12 heteroatoms. The fraction of sp³-hybridized carbons (Fsp3) is 0.357. The maximum atomic E-state index is 13.9. The number of anilines is 1. The summed E-state index contributed by atoms with van der Waals surface area (Å²) in [6.07, 6.45) is 5.02. The van der Waals surface area contributed by atoms with Gasteiger partial charge in [0, 0.05) is 35.8 Å². The van der Waals surface area contributed by atoms with Crippen LogP contribution >= 0.6 is 11.6 Å². The summed E-state index contributed by atoms with van der Waals surface area (Å²) in [6, 6.07) is 8.55. The molecule has 2 aromatic carbocycles. The molecule has 0 aliphatic heterocycles. The van der Waals surface area contributed by atoms with Crippen molar-refractivity contribution < 1.29 is 36.2 Å². The number of amides is 1. The van der Waals surface area contributed by atoms with E-state index in [2.05, 4.69) is 10.3 Å². The first-order valence-electron chi connectivity index (χ1n) is 12.7. The number of sulfone groups is 1. The number of aliphatic hydroxyl groups is 1. The Morgan fingerprint density at radius 3 is 2.40 bits per heavy atom. The molecule has 7 nitrogen and oxygen atoms in total. The van der Waals surface area contributed by atoms with Crippen molar-refractivity contribution in [2.45, 2.75) is 48.0 Å². The third-order valence-corrected chi connectivity index (χ3v) is 10.5. The van der Waals surface area contributed by atoms with Crippen molar-refractivity contribution >= 4 is 33.0 Å². The molecule has 2 N–H and O–H groups in total. The van der Waals surface area contributed by atoms with Crippen molar-refractivity contribution in [1.82, 2.24) is 4.98 Å². The highest BCUT2D eigenvalue weighted by molar-refractivity contribution is 7.92. The van der Waals surface area contributed by atoms with Gasteiger partial charge in [-0.2, -0.15) is 0 Å². The normalized spacial score (nSPS) is 24.2. The van der Waals surface area contributed by atoms with Crippen LogP contribution in [0.15, 0.2) is 59.8 Å². The van der Waals surface area contributed by atoms with E-state index in [0.717, 1.165) is 11.6 Å². The van der Waals surface area contributed by atoms with Crippen molar-refractivity contribution in [3.8, 4) is 0 Å². The Morgan fingerprint density at radius 2 is 1.77 bits per heavy atom. The molecule has 0 radical (unpaired) electrons. The van der Waals surface area contributed by atoms with Gasteiger partial charge in [-0.1, -0.05) is 17.7 Å². The number of halogens is 4. The fourth-order valence-corrected chi connectivity index (χ4v) is 8.79. The number of hydrogen-bond acceptors (Lipinski definition) is 6. The van der Waals surface area contributed by atoms with Crippen LogP contribution in [0.3, 0.4) is 0 Å². The van der Waals surface area contributed by atoms with Crippen LogP contribution in [0.25, 0.3) is 0 Å². The lowest BCUT2D eigenvalue weighted by Crippen LogP contribution is -2.48. The molecule has 2 saturated carbocycles. The Morgan fingerprint density at radius 1 is 1.10 bits per heavy atom. The minimum atomic E-state index is -4.03. The fourth-order valence-electron chi connectivity index (χ4n) is 5.94. The maximum absolute atomic E-state index is 13.9. The van der Waals surface area contributed by atoms with Crippen LogP contribution < -0.4 is 5.32 Å². The summed E-state index contributed by atoms with van der Waals surface area (Å²) in [6.45, 7) is 0.331. The number of benzene rings is 2. The maximum Gasteiger partial charge on any atom is 0.255 e. The molecular weight excluding hydrogens is 569 g/mol. The topological polar surface area (TPSA) is 106 Å². The first-order chi connectivity index (χ1) is 19.0. The van der Waals surface area contributed by atoms with E-state index in [9.17, 15) is 31.5 Å². The zero-order valence-electron chi connectivity index (χ0n) is 21.1. The van der Waals surface area contributed by atoms with E-state index < -0.39 is 44.0 Å². The smallest absolute Gasteiger partial charge is 0.255 e. The summed E-state index contributed by atoms with van der Waals surface area (Å²) in [4.78, 5) is 16.6. The monoisotopic (exact) mass is 594 g/mol. The minimum absolute atomic E-state index is 0.0582. The van der Waals surface area contributed by atoms with Gasteiger partial charge in [-0.3, -0.25) is 9.78 Å². The number of aromatic nitrogens is 1. The van der Waals surface area contributed by atoms with Crippen LogP contribution in [0.2, 0.25) is 5.02 Å². The molecule has 1 aromatic heterocycles. The highest BCUT2D eigenvalue weighted by Gasteiger charge is 2.54. The Labute approximate surface area is 234 Å². The first kappa shape index (κ1) is 28.5. The van der Waals surface area contributed by atoms with Gasteiger partial charge < -0.3 is 15.2 Å². The molecule has 0 saturated heterocycles. The average molecular weight is 595 g/mol. The largest absolute Gasteiger partial charge is 0.387 e. The third kappa shape index (κ3) is 5.74. The van der Waals surface area contributed by atoms with Crippen molar-refractivity contribution in [3.63, 3.8) is 0 Å². The number of nitrogens with zero attached hydrogens (tertiary/aromatic N) is 1. The van der Waals surface area contributed by atoms with Gasteiger partial charge in [0.15, 0.2) is 27.3 Å². The van der Waals surface area contributed by atoms with Crippen LogP contribution in [0.5, 0.6) is 0 Å². The number of hydrogen-bond donors (Lipinski definition) is 2. The van der Waals surface area contributed by atoms with Crippen molar-refractivity contribution in [1.29, 1.82) is 0 Å². The average Bonchev–Trinajstić information content (AvgIpc) is 3.21. The van der Waals surface area contributed by atoms with Crippen LogP contribution in [-0.4, -0.2) is 41.9 Å². The zero-order valence-corrected chi connectivity index (χ0v) is 22.7. The second-order valence-corrected chi connectivity index (χ2v) is 12.9. The molecule has 2 fully saturated rings. The van der Waals surface area contributed by atoms with E-state index in [1.165, 1.54) is 12.1 Å². The van der Waals surface area contributed by atoms with Crippen LogP contribution in [0.4, 0.5) is 18.9 Å². The molecule has 2 aliphatic carbocycles. The molecule has 1 amide bonds. The van der Waals surface area contributed by atoms with Gasteiger partial charge in [0.2, 0.25) is 0 Å². The zero-order chi connectivity index (χ0) is 28.7. The van der Waals surface area contributed by atoms with Crippen molar-refractivity contribution in [2.24, 2.45) is 11.8 Å². The van der Waals surface area contributed by atoms with Gasteiger partial charge in [0.1, 0.15) is 0 Å². The molecule has 2 atom stereocenters. The number of carbonyl (C=O) groups is 1. The minimum Gasteiger partial charge on any atom is -0.387 e. The lowest BCUT2D eigenvalue weighted by Gasteiger charge is -2.40. The Hall–Kier alpha value is -2.99. The highest BCUT2D eigenvalue weighted by Crippen LogP contribution is 2.51. The molecule has 1 heterocycles. The van der Waals surface area contributed by atoms with Crippen molar-refractivity contribution in [2.75, 3.05) is 11.9 Å². The van der Waals surface area contributed by atoms with E-state index in [1.54, 1.807) is 18.5 Å². The number of nitrogens with one attached hydrogen (secondary N) is 1. The van der Waals surface area contributed by atoms with Crippen LogP contribution in [0.1, 0.15) is 41.6 Å². The van der Waals surface area contributed by atoms with E-state index in [0.29, 0.717) is 25.0 Å². The second kappa shape index (κ2) is 11.1. The first-order valence-corrected chi connectivity index (χ1v) is 14.6. The number of carbonyl (C=O) groups excluding carboxylic acids is 1. The molecular formula is C28H26ClF3N2O5S. The van der Waals surface area contributed by atoms with Gasteiger partial charge >= 0.3 is 0 Å². The number of rotatable bonds is 8. The molecule has 2 unspecified atom stereocenters. The van der Waals surface area contributed by atoms with Crippen molar-refractivity contribution in [3.05, 3.63) is 88.5 Å². The molecule has 212 valence electrons. The quantitative estimate of drug-likeness (QED) is 0.342. The molecule has 2 aliphatic rings. The van der Waals surface area contributed by atoms with Gasteiger partial charge in [-0.05, 0) is 67.3 Å². The standard InChI is InChI=1S/C28H26ClF3N2O5S/c29-21-6-5-17(27(35)34-20-9-22(30)25(32)23(31)10-20)8-24(21)40(37,38)26-18-3-4-19(26)12-28(36,11-18)15-39-14-16-2-1-7-33-13-16/h1-2,5-10,13,18-19,26,36H,3-4,11-12,14-15H2,(H,34,35). The van der Waals surface area contributed by atoms with Gasteiger partial charge in [-0.25, -0.2) is 21.6 Å². The molecule has 2 bridgehead atoms. The summed E-state index contributed by atoms with van der Waals surface area (Å²) in [5.41, 5.74) is -0.767. The Kier molecular flexibility index (Phi) is 7.93. The summed E-state index contributed by atoms with van der Waals surface area (Å²) < 4.78 is 73.9. The van der Waals surface area contributed by atoms with Gasteiger partial charge in [-0.15, -0.1) is 0 Å². The lowest BCUT2D eigenvalue weighted by molar-refractivity contribution is -0.0866.